The lowest BCUT2D eigenvalue weighted by molar-refractivity contribution is 0.0598. The van der Waals surface area contributed by atoms with Crippen LogP contribution in [0.1, 0.15) is 73.0 Å². The van der Waals surface area contributed by atoms with Gasteiger partial charge in [-0.05, 0) is 67.9 Å². The third-order valence-corrected chi connectivity index (χ3v) is 7.35. The van der Waals surface area contributed by atoms with Crippen LogP contribution in [0.4, 0.5) is 0 Å². The lowest BCUT2D eigenvalue weighted by Crippen LogP contribution is -2.52. The molecule has 1 fully saturated rings. The maximum absolute atomic E-state index is 12.9. The first-order valence-electron chi connectivity index (χ1n) is 12.3. The SMILES string of the molecule is CCC(C)(C)N1Cc2cc(OCc3ccccc3)c(C3CC3)cc2-c2cc(=O)c(C(=O)OC)cn21. The number of ether oxygens (including phenoxy) is 2. The number of methoxy groups -OCH3 is 1. The van der Waals surface area contributed by atoms with Gasteiger partial charge in [0.25, 0.3) is 0 Å². The van der Waals surface area contributed by atoms with Crippen LogP contribution >= 0.6 is 0 Å². The third kappa shape index (κ3) is 4.33. The third-order valence-electron chi connectivity index (χ3n) is 7.35. The van der Waals surface area contributed by atoms with Crippen LogP contribution in [-0.2, 0) is 17.9 Å². The molecular weight excluding hydrogens is 440 g/mol. The van der Waals surface area contributed by atoms with Crippen molar-refractivity contribution in [3.05, 3.63) is 87.2 Å². The average Bonchev–Trinajstić information content (AvgIpc) is 3.71. The summed E-state index contributed by atoms with van der Waals surface area (Å²) in [4.78, 5) is 25.2. The molecule has 1 aliphatic heterocycles. The molecule has 1 aliphatic carbocycles. The highest BCUT2D eigenvalue weighted by molar-refractivity contribution is 5.89. The molecule has 0 radical (unpaired) electrons. The van der Waals surface area contributed by atoms with Crippen LogP contribution < -0.4 is 15.2 Å². The van der Waals surface area contributed by atoms with Crippen molar-refractivity contribution in [3.63, 3.8) is 0 Å². The molecule has 1 saturated carbocycles. The van der Waals surface area contributed by atoms with Crippen molar-refractivity contribution >= 4 is 5.97 Å². The molecule has 0 bridgehead atoms. The second-order valence-electron chi connectivity index (χ2n) is 10.1. The molecule has 0 spiro atoms. The highest BCUT2D eigenvalue weighted by Gasteiger charge is 2.35. The van der Waals surface area contributed by atoms with Crippen LogP contribution in [0.5, 0.6) is 5.75 Å². The smallest absolute Gasteiger partial charge is 0.343 e. The van der Waals surface area contributed by atoms with Gasteiger partial charge >= 0.3 is 5.97 Å². The summed E-state index contributed by atoms with van der Waals surface area (Å²) in [6.45, 7) is 7.64. The molecule has 2 heterocycles. The zero-order chi connectivity index (χ0) is 24.7. The number of nitrogens with zero attached hydrogens (tertiary/aromatic N) is 2. The molecule has 0 atom stereocenters. The Balaban J connectivity index is 1.63. The van der Waals surface area contributed by atoms with Gasteiger partial charge in [-0.15, -0.1) is 0 Å². The van der Waals surface area contributed by atoms with Crippen molar-refractivity contribution in [3.8, 4) is 17.0 Å². The van der Waals surface area contributed by atoms with Crippen LogP contribution in [-0.4, -0.2) is 23.3 Å². The van der Waals surface area contributed by atoms with Crippen molar-refractivity contribution < 1.29 is 14.3 Å². The quantitative estimate of drug-likeness (QED) is 0.431. The predicted octanol–water partition coefficient (Wildman–Crippen LogP) is 5.40. The van der Waals surface area contributed by atoms with Crippen LogP contribution in [0.25, 0.3) is 11.3 Å². The van der Waals surface area contributed by atoms with Gasteiger partial charge in [0, 0.05) is 17.8 Å². The number of pyridine rings is 1. The fraction of sp³-hybridized carbons (Fsp3) is 0.379. The minimum atomic E-state index is -0.617. The first-order valence-corrected chi connectivity index (χ1v) is 12.3. The van der Waals surface area contributed by atoms with E-state index in [1.54, 1.807) is 12.3 Å². The number of rotatable bonds is 7. The Morgan fingerprint density at radius 3 is 2.51 bits per heavy atom. The first kappa shape index (κ1) is 23.2. The Kier molecular flexibility index (Phi) is 5.91. The van der Waals surface area contributed by atoms with Gasteiger partial charge in [0.15, 0.2) is 5.43 Å². The molecule has 0 unspecified atom stereocenters. The van der Waals surface area contributed by atoms with E-state index in [0.717, 1.165) is 47.4 Å². The molecule has 0 amide bonds. The number of aromatic nitrogens is 1. The van der Waals surface area contributed by atoms with E-state index in [1.165, 1.54) is 12.7 Å². The van der Waals surface area contributed by atoms with Crippen molar-refractivity contribution in [2.24, 2.45) is 0 Å². The molecule has 182 valence electrons. The lowest BCUT2D eigenvalue weighted by Gasteiger charge is -2.45. The van der Waals surface area contributed by atoms with Crippen molar-refractivity contribution in [1.82, 2.24) is 4.68 Å². The Hall–Kier alpha value is -3.54. The van der Waals surface area contributed by atoms with Gasteiger partial charge in [0.2, 0.25) is 0 Å². The van der Waals surface area contributed by atoms with E-state index in [0.29, 0.717) is 19.1 Å². The number of hydrogen-bond donors (Lipinski definition) is 0. The maximum Gasteiger partial charge on any atom is 0.343 e. The second kappa shape index (κ2) is 8.91. The van der Waals surface area contributed by atoms with Gasteiger partial charge in [0.05, 0.1) is 24.9 Å². The van der Waals surface area contributed by atoms with Crippen molar-refractivity contribution in [2.75, 3.05) is 12.1 Å². The predicted molar refractivity (Wildman–Crippen MR) is 137 cm³/mol. The maximum atomic E-state index is 12.9. The Morgan fingerprint density at radius 2 is 1.86 bits per heavy atom. The van der Waals surface area contributed by atoms with E-state index < -0.39 is 5.97 Å². The lowest BCUT2D eigenvalue weighted by atomic mass is 9.93. The van der Waals surface area contributed by atoms with E-state index in [-0.39, 0.29) is 16.5 Å². The fourth-order valence-corrected chi connectivity index (χ4v) is 4.69. The second-order valence-corrected chi connectivity index (χ2v) is 10.1. The van der Waals surface area contributed by atoms with Gasteiger partial charge in [-0.2, -0.15) is 0 Å². The van der Waals surface area contributed by atoms with Gasteiger partial charge in [0.1, 0.15) is 17.9 Å². The first-order chi connectivity index (χ1) is 16.8. The monoisotopic (exact) mass is 472 g/mol. The van der Waals surface area contributed by atoms with E-state index in [1.807, 2.05) is 22.9 Å². The highest BCUT2D eigenvalue weighted by atomic mass is 16.5. The number of fused-ring (bicyclic) bond motifs is 3. The van der Waals surface area contributed by atoms with Crippen LogP contribution in [0.15, 0.2) is 59.5 Å². The molecule has 2 aliphatic rings. The molecule has 3 aromatic rings. The van der Waals surface area contributed by atoms with Crippen LogP contribution in [0, 0.1) is 0 Å². The normalized spacial score (nSPS) is 14.8. The summed E-state index contributed by atoms with van der Waals surface area (Å²) in [7, 11) is 1.30. The van der Waals surface area contributed by atoms with Crippen molar-refractivity contribution in [2.45, 2.75) is 64.6 Å². The molecule has 35 heavy (non-hydrogen) atoms. The van der Waals surface area contributed by atoms with Gasteiger partial charge in [-0.25, -0.2) is 4.79 Å². The van der Waals surface area contributed by atoms with E-state index in [2.05, 4.69) is 50.0 Å². The van der Waals surface area contributed by atoms with E-state index in [4.69, 9.17) is 9.47 Å². The zero-order valence-electron chi connectivity index (χ0n) is 20.8. The highest BCUT2D eigenvalue weighted by Crippen LogP contribution is 2.47. The summed E-state index contributed by atoms with van der Waals surface area (Å²) >= 11 is 0. The molecule has 6 heteroatoms. The Bertz CT molecular complexity index is 1320. The van der Waals surface area contributed by atoms with Crippen molar-refractivity contribution in [1.29, 1.82) is 0 Å². The van der Waals surface area contributed by atoms with Gasteiger partial charge in [-0.1, -0.05) is 37.3 Å². The summed E-state index contributed by atoms with van der Waals surface area (Å²) in [6.07, 6.45) is 4.81. The number of carbonyl (C=O) groups is 1. The standard InChI is InChI=1S/C29H32N2O4/c1-5-29(2,3)31-16-21-13-27(35-18-19-9-7-6-8-10-19)23(20-11-12-20)14-22(21)25-15-26(32)24(17-30(25)31)28(33)34-4/h6-10,13-15,17,20H,5,11-12,16,18H2,1-4H3. The number of benzene rings is 2. The minimum Gasteiger partial charge on any atom is -0.489 e. The topological polar surface area (TPSA) is 60.8 Å². The molecule has 5 rings (SSSR count). The summed E-state index contributed by atoms with van der Waals surface area (Å²) in [6, 6.07) is 16.1. The van der Waals surface area contributed by atoms with Crippen LogP contribution in [0.2, 0.25) is 0 Å². The Labute approximate surface area is 206 Å². The molecule has 2 aromatic carbocycles. The summed E-state index contributed by atoms with van der Waals surface area (Å²) in [5, 5.41) is 2.22. The summed E-state index contributed by atoms with van der Waals surface area (Å²) in [5.41, 5.74) is 4.76. The van der Waals surface area contributed by atoms with E-state index >= 15 is 0 Å². The molecule has 0 saturated heterocycles. The summed E-state index contributed by atoms with van der Waals surface area (Å²) in [5.74, 6) is 0.783. The largest absolute Gasteiger partial charge is 0.489 e. The molecular formula is C29H32N2O4. The fourth-order valence-electron chi connectivity index (χ4n) is 4.69. The average molecular weight is 473 g/mol. The van der Waals surface area contributed by atoms with E-state index in [9.17, 15) is 9.59 Å². The molecule has 6 nitrogen and oxygen atoms in total. The minimum absolute atomic E-state index is 0.0434. The zero-order valence-corrected chi connectivity index (χ0v) is 20.8. The number of hydrogen-bond acceptors (Lipinski definition) is 5. The molecule has 0 N–H and O–H groups in total. The van der Waals surface area contributed by atoms with Crippen LogP contribution in [0.3, 0.4) is 0 Å². The number of esters is 1. The molecule has 1 aromatic heterocycles. The summed E-state index contributed by atoms with van der Waals surface area (Å²) < 4.78 is 13.2. The van der Waals surface area contributed by atoms with Gasteiger partial charge < -0.3 is 14.5 Å². The Morgan fingerprint density at radius 1 is 1.11 bits per heavy atom. The van der Waals surface area contributed by atoms with Gasteiger partial charge in [-0.3, -0.25) is 9.47 Å². The number of carbonyl (C=O) groups excluding carboxylic acids is 1.